The van der Waals surface area contributed by atoms with Crippen molar-refractivity contribution in [3.63, 3.8) is 0 Å². The molecular weight excluding hydrogens is 558 g/mol. The van der Waals surface area contributed by atoms with Gasteiger partial charge < -0.3 is 10.2 Å². The number of hydrogen-bond acceptors (Lipinski definition) is 6. The number of benzene rings is 2. The quantitative estimate of drug-likeness (QED) is 0.170. The normalized spacial score (nSPS) is 16.5. The van der Waals surface area contributed by atoms with Gasteiger partial charge in [-0.1, -0.05) is 74.4 Å². The third kappa shape index (κ3) is 8.89. The Balaban J connectivity index is 1.44. The minimum Gasteiger partial charge on any atom is -0.507 e. The Morgan fingerprint density at radius 3 is 1.96 bits per heavy atom. The van der Waals surface area contributed by atoms with E-state index >= 15 is 0 Å². The number of aryl methyl sites for hydroxylation is 1. The third-order valence-corrected chi connectivity index (χ3v) is 8.93. The van der Waals surface area contributed by atoms with Crippen molar-refractivity contribution in [2.75, 3.05) is 45.8 Å². The number of nitrogens with one attached hydrogen (secondary N) is 1. The molecule has 4 rings (SSSR count). The molecule has 7 heteroatoms. The van der Waals surface area contributed by atoms with E-state index in [0.29, 0.717) is 24.6 Å². The summed E-state index contributed by atoms with van der Waals surface area (Å²) in [6, 6.07) is 8.41. The van der Waals surface area contributed by atoms with E-state index in [1.807, 2.05) is 6.07 Å². The zero-order valence-electron chi connectivity index (χ0n) is 29.4. The van der Waals surface area contributed by atoms with Crippen LogP contribution >= 0.6 is 0 Å². The van der Waals surface area contributed by atoms with Crippen LogP contribution in [0.5, 0.6) is 11.5 Å². The number of aliphatic imine (C=N–C) groups is 2. The molecule has 0 radical (unpaired) electrons. The van der Waals surface area contributed by atoms with Gasteiger partial charge in [0.1, 0.15) is 11.5 Å². The maximum absolute atomic E-state index is 11.3. The molecule has 3 N–H and O–H groups in total. The first-order valence-corrected chi connectivity index (χ1v) is 16.9. The van der Waals surface area contributed by atoms with Gasteiger partial charge >= 0.3 is 5.96 Å². The lowest BCUT2D eigenvalue weighted by Gasteiger charge is -2.30. The van der Waals surface area contributed by atoms with Gasteiger partial charge in [0.05, 0.1) is 45.8 Å². The lowest BCUT2D eigenvalue weighted by molar-refractivity contribution is -0.544. The van der Waals surface area contributed by atoms with Crippen molar-refractivity contribution < 1.29 is 14.8 Å². The van der Waals surface area contributed by atoms with Crippen LogP contribution in [0.1, 0.15) is 115 Å². The second-order valence-electron chi connectivity index (χ2n) is 15.9. The number of rotatable bonds is 9. The van der Waals surface area contributed by atoms with E-state index < -0.39 is 0 Å². The number of nitrogens with zero attached hydrogens (tertiary/aromatic N) is 4. The topological polar surface area (TPSA) is 83.5 Å². The maximum Gasteiger partial charge on any atom is 0.348 e. The average molecular weight is 617 g/mol. The highest BCUT2D eigenvalue weighted by Crippen LogP contribution is 2.37. The molecule has 2 aromatic carbocycles. The van der Waals surface area contributed by atoms with Crippen molar-refractivity contribution >= 4 is 18.4 Å². The molecule has 0 bridgehead atoms. The first kappa shape index (κ1) is 34.5. The van der Waals surface area contributed by atoms with Gasteiger partial charge in [0.25, 0.3) is 0 Å². The Labute approximate surface area is 272 Å². The molecule has 0 amide bonds. The first-order valence-electron chi connectivity index (χ1n) is 16.9. The Kier molecular flexibility index (Phi) is 10.7. The van der Waals surface area contributed by atoms with Gasteiger partial charge in [0, 0.05) is 42.0 Å². The Morgan fingerprint density at radius 2 is 1.36 bits per heavy atom. The fourth-order valence-electron chi connectivity index (χ4n) is 6.10. The minimum atomic E-state index is -0.180. The highest BCUT2D eigenvalue weighted by molar-refractivity contribution is 5.86. The second-order valence-corrected chi connectivity index (χ2v) is 15.9. The summed E-state index contributed by atoms with van der Waals surface area (Å²) in [6.07, 6.45) is 7.76. The maximum atomic E-state index is 11.3. The SMILES string of the molecule is CC(C)(C)c1cc(C=NCCN=Cc2cc(C(C)(C)C)cc(C(C)(C)C)c2O)c(O)c(CCCN2CCC[N+]3=C2NCCC3)c1. The van der Waals surface area contributed by atoms with Crippen molar-refractivity contribution in [1.82, 2.24) is 10.2 Å². The predicted octanol–water partition coefficient (Wildman–Crippen LogP) is 6.53. The van der Waals surface area contributed by atoms with Crippen LogP contribution in [-0.2, 0) is 22.7 Å². The minimum absolute atomic E-state index is 0.0384. The molecule has 0 unspecified atom stereocenters. The van der Waals surface area contributed by atoms with Gasteiger partial charge in [-0.05, 0) is 57.9 Å². The van der Waals surface area contributed by atoms with E-state index in [-0.39, 0.29) is 16.2 Å². The van der Waals surface area contributed by atoms with E-state index in [2.05, 4.69) is 105 Å². The number of aromatic hydroxyl groups is 2. The smallest absolute Gasteiger partial charge is 0.348 e. The molecule has 0 fully saturated rings. The van der Waals surface area contributed by atoms with Gasteiger partial charge in [-0.25, -0.2) is 0 Å². The van der Waals surface area contributed by atoms with Crippen LogP contribution in [0.2, 0.25) is 0 Å². The molecular formula is C38H58N5O2+. The van der Waals surface area contributed by atoms with Gasteiger partial charge in [0.15, 0.2) is 0 Å². The zero-order chi connectivity index (χ0) is 33.0. The summed E-state index contributed by atoms with van der Waals surface area (Å²) >= 11 is 0. The molecule has 45 heavy (non-hydrogen) atoms. The molecule has 0 saturated carbocycles. The second kappa shape index (κ2) is 14.0. The highest BCUT2D eigenvalue weighted by Gasteiger charge is 2.29. The lowest BCUT2D eigenvalue weighted by Crippen LogP contribution is -2.55. The van der Waals surface area contributed by atoms with Gasteiger partial charge in [0.2, 0.25) is 0 Å². The fourth-order valence-corrected chi connectivity index (χ4v) is 6.10. The highest BCUT2D eigenvalue weighted by atomic mass is 16.3. The summed E-state index contributed by atoms with van der Waals surface area (Å²) in [5.74, 6) is 1.92. The molecule has 2 aliphatic rings. The van der Waals surface area contributed by atoms with Crippen molar-refractivity contribution in [2.45, 2.75) is 104 Å². The number of phenols is 2. The molecule has 0 spiro atoms. The lowest BCUT2D eigenvalue weighted by atomic mass is 9.79. The molecule has 2 aromatic rings. The molecule has 246 valence electrons. The molecule has 0 aromatic heterocycles. The summed E-state index contributed by atoms with van der Waals surface area (Å²) in [4.78, 5) is 11.7. The standard InChI is InChI=1S/C38H57N5O2/c1-36(2,3)30-21-27(13-10-17-42-19-12-20-43-18-11-14-41-35(42)43)33(44)28(22-30)25-39-15-16-40-26-29-23-31(37(4,5)6)24-32(34(29)45)38(7,8)9/h21-26H,10-20H2,1-9H3,(H2,39,40,44,45)/p+1. The average Bonchev–Trinajstić information content (AvgIpc) is 2.95. The van der Waals surface area contributed by atoms with Crippen molar-refractivity contribution in [2.24, 2.45) is 9.98 Å². The zero-order valence-corrected chi connectivity index (χ0v) is 29.4. The largest absolute Gasteiger partial charge is 0.507 e. The van der Waals surface area contributed by atoms with Crippen LogP contribution in [0.15, 0.2) is 34.3 Å². The number of hydrogen-bond donors (Lipinski definition) is 3. The predicted molar refractivity (Wildman–Crippen MR) is 189 cm³/mol. The van der Waals surface area contributed by atoms with Crippen LogP contribution in [0.3, 0.4) is 0 Å². The molecule has 0 atom stereocenters. The Bertz CT molecular complexity index is 1430. The van der Waals surface area contributed by atoms with Crippen molar-refractivity contribution in [1.29, 1.82) is 0 Å². The molecule has 2 heterocycles. The third-order valence-electron chi connectivity index (χ3n) is 8.93. The molecule has 0 saturated heterocycles. The summed E-state index contributed by atoms with van der Waals surface area (Å²) < 4.78 is 2.48. The van der Waals surface area contributed by atoms with Crippen molar-refractivity contribution in [3.05, 3.63) is 57.6 Å². The summed E-state index contributed by atoms with van der Waals surface area (Å²) in [6.45, 7) is 25.9. The van der Waals surface area contributed by atoms with E-state index in [9.17, 15) is 10.2 Å². The molecule has 7 nitrogen and oxygen atoms in total. The van der Waals surface area contributed by atoms with Gasteiger partial charge in [-0.3, -0.25) is 24.8 Å². The van der Waals surface area contributed by atoms with Crippen LogP contribution < -0.4 is 5.32 Å². The van der Waals surface area contributed by atoms with Crippen LogP contribution in [-0.4, -0.2) is 83.9 Å². The van der Waals surface area contributed by atoms with Gasteiger partial charge in [-0.15, -0.1) is 0 Å². The fraction of sp³-hybridized carbons (Fsp3) is 0.605. The Hall–Kier alpha value is -3.35. The van der Waals surface area contributed by atoms with Gasteiger partial charge in [-0.2, -0.15) is 0 Å². The molecule has 2 aliphatic heterocycles. The van der Waals surface area contributed by atoms with E-state index in [1.54, 1.807) is 12.4 Å². The Morgan fingerprint density at radius 1 is 0.778 bits per heavy atom. The summed E-state index contributed by atoms with van der Waals surface area (Å²) in [5, 5.41) is 25.9. The summed E-state index contributed by atoms with van der Waals surface area (Å²) in [5.41, 5.74) is 5.54. The van der Waals surface area contributed by atoms with E-state index in [4.69, 9.17) is 0 Å². The monoisotopic (exact) mass is 616 g/mol. The molecule has 0 aliphatic carbocycles. The van der Waals surface area contributed by atoms with Crippen LogP contribution in [0.4, 0.5) is 0 Å². The van der Waals surface area contributed by atoms with Crippen LogP contribution in [0, 0.1) is 0 Å². The van der Waals surface area contributed by atoms with E-state index in [0.717, 1.165) is 67.8 Å². The first-order chi connectivity index (χ1) is 21.1. The van der Waals surface area contributed by atoms with E-state index in [1.165, 1.54) is 29.9 Å². The number of phenolic OH excluding ortho intramolecular Hbond substituents is 2. The van der Waals surface area contributed by atoms with Crippen LogP contribution in [0.25, 0.3) is 0 Å². The summed E-state index contributed by atoms with van der Waals surface area (Å²) in [7, 11) is 0. The number of guanidine groups is 1. The van der Waals surface area contributed by atoms with Crippen molar-refractivity contribution in [3.8, 4) is 11.5 Å².